The lowest BCUT2D eigenvalue weighted by Gasteiger charge is -2.42. The predicted octanol–water partition coefficient (Wildman–Crippen LogP) is 1.95. The molecular weight excluding hydrogens is 544 g/mol. The number of piperazine rings is 1. The van der Waals surface area contributed by atoms with Crippen LogP contribution in [0.25, 0.3) is 16.6 Å². The molecule has 2 aliphatic rings. The third-order valence-corrected chi connectivity index (χ3v) is 9.80. The molecule has 1 amide bonds. The smallest absolute Gasteiger partial charge is 0.262 e. The second-order valence-electron chi connectivity index (χ2n) is 12.0. The van der Waals surface area contributed by atoms with Crippen LogP contribution in [-0.2, 0) is 28.4 Å². The number of amides is 1. The predicted molar refractivity (Wildman–Crippen MR) is 155 cm³/mol. The molecule has 12 nitrogen and oxygen atoms in total. The van der Waals surface area contributed by atoms with Crippen LogP contribution in [-0.4, -0.2) is 74.4 Å². The van der Waals surface area contributed by atoms with Crippen LogP contribution < -0.4 is 15.2 Å². The largest absolute Gasteiger partial charge is 0.366 e. The number of sulfonamides is 1. The lowest BCUT2D eigenvalue weighted by molar-refractivity contribution is -0.136. The maximum absolute atomic E-state index is 14.2. The van der Waals surface area contributed by atoms with Crippen molar-refractivity contribution in [3.63, 3.8) is 0 Å². The molecule has 2 fully saturated rings. The third-order valence-electron chi connectivity index (χ3n) is 8.19. The van der Waals surface area contributed by atoms with Crippen molar-refractivity contribution in [3.8, 4) is 0 Å². The zero-order valence-corrected chi connectivity index (χ0v) is 24.8. The van der Waals surface area contributed by atoms with Crippen LogP contribution in [0.15, 0.2) is 46.5 Å². The van der Waals surface area contributed by atoms with Crippen molar-refractivity contribution in [1.82, 2.24) is 33.6 Å². The molecule has 1 saturated heterocycles. The molecule has 1 saturated carbocycles. The van der Waals surface area contributed by atoms with E-state index in [1.807, 2.05) is 45.8 Å². The molecule has 0 spiro atoms. The molecular formula is C28H36N8O4S. The van der Waals surface area contributed by atoms with Crippen molar-refractivity contribution in [3.05, 3.63) is 52.7 Å². The molecule has 0 bridgehead atoms. The topological polar surface area (TPSA) is 127 Å². The number of aromatic nitrogens is 5. The quantitative estimate of drug-likeness (QED) is 0.354. The van der Waals surface area contributed by atoms with E-state index in [-0.39, 0.29) is 40.3 Å². The van der Waals surface area contributed by atoms with Crippen molar-refractivity contribution >= 4 is 38.2 Å². The van der Waals surface area contributed by atoms with Crippen LogP contribution in [0.4, 0.5) is 5.69 Å². The molecule has 4 heterocycles. The Balaban J connectivity index is 1.54. The Bertz CT molecular complexity index is 1830. The number of carbonyl (C=O) groups is 1. The number of benzene rings is 1. The van der Waals surface area contributed by atoms with Crippen molar-refractivity contribution in [2.45, 2.75) is 63.6 Å². The molecule has 41 heavy (non-hydrogen) atoms. The minimum atomic E-state index is -3.91. The van der Waals surface area contributed by atoms with Gasteiger partial charge in [0.2, 0.25) is 15.9 Å². The van der Waals surface area contributed by atoms with Gasteiger partial charge in [0.1, 0.15) is 11.2 Å². The molecule has 1 aliphatic carbocycles. The Morgan fingerprint density at radius 3 is 2.59 bits per heavy atom. The van der Waals surface area contributed by atoms with Crippen LogP contribution in [0.1, 0.15) is 46.1 Å². The first-order valence-corrected chi connectivity index (χ1v) is 15.5. The van der Waals surface area contributed by atoms with E-state index < -0.39 is 15.6 Å². The standard InChI is InChI=1S/C28H36N8O4S/c1-18(2)26(37)34-11-10-33(15-19(34)3)23-13-21(41(39,40)31-28(4)7-8-28)12-22-25(23)36-24(6-9-29-36)35(27(22)38)17-20-14-30-32(5)16-20/h6,9,12-14,16,18-19,31H,7-8,10-11,15,17H2,1-5H3/t19-/m1/s1. The molecule has 1 N–H and O–H groups in total. The Hall–Kier alpha value is -3.71. The van der Waals surface area contributed by atoms with Gasteiger partial charge in [0.05, 0.1) is 34.9 Å². The molecule has 0 unspecified atom stereocenters. The summed E-state index contributed by atoms with van der Waals surface area (Å²) in [5, 5.41) is 9.07. The fraction of sp³-hybridized carbons (Fsp3) is 0.500. The van der Waals surface area contributed by atoms with E-state index in [1.165, 1.54) is 6.07 Å². The minimum absolute atomic E-state index is 0.0398. The van der Waals surface area contributed by atoms with Gasteiger partial charge in [-0.1, -0.05) is 13.8 Å². The maximum atomic E-state index is 14.2. The van der Waals surface area contributed by atoms with E-state index in [2.05, 4.69) is 19.8 Å². The number of hydrogen-bond acceptors (Lipinski definition) is 7. The number of carbonyl (C=O) groups excluding carboxylic acids is 1. The first kappa shape index (κ1) is 27.5. The van der Waals surface area contributed by atoms with Crippen LogP contribution >= 0.6 is 0 Å². The average Bonchev–Trinajstić information content (AvgIpc) is 3.26. The second-order valence-corrected chi connectivity index (χ2v) is 13.7. The summed E-state index contributed by atoms with van der Waals surface area (Å²) in [6, 6.07) is 4.80. The molecule has 13 heteroatoms. The number of rotatable bonds is 7. The van der Waals surface area contributed by atoms with Gasteiger partial charge in [0.15, 0.2) is 0 Å². The van der Waals surface area contributed by atoms with Crippen molar-refractivity contribution in [2.75, 3.05) is 24.5 Å². The highest BCUT2D eigenvalue weighted by molar-refractivity contribution is 7.89. The number of hydrogen-bond donors (Lipinski definition) is 1. The van der Waals surface area contributed by atoms with E-state index in [1.54, 1.807) is 38.3 Å². The highest BCUT2D eigenvalue weighted by atomic mass is 32.2. The molecule has 0 radical (unpaired) electrons. The van der Waals surface area contributed by atoms with E-state index in [0.717, 1.165) is 18.4 Å². The summed E-state index contributed by atoms with van der Waals surface area (Å²) in [6.45, 7) is 9.39. The van der Waals surface area contributed by atoms with Crippen LogP contribution in [0.5, 0.6) is 0 Å². The van der Waals surface area contributed by atoms with Crippen LogP contribution in [0.3, 0.4) is 0 Å². The van der Waals surface area contributed by atoms with Gasteiger partial charge in [0, 0.05) is 62.0 Å². The zero-order chi connectivity index (χ0) is 29.3. The van der Waals surface area contributed by atoms with E-state index in [0.29, 0.717) is 36.5 Å². The van der Waals surface area contributed by atoms with Gasteiger partial charge in [-0.15, -0.1) is 0 Å². The number of nitrogens with one attached hydrogen (secondary N) is 1. The molecule has 4 aromatic rings. The molecule has 1 aliphatic heterocycles. The molecule has 1 atom stereocenters. The van der Waals surface area contributed by atoms with Gasteiger partial charge in [-0.05, 0) is 38.8 Å². The van der Waals surface area contributed by atoms with E-state index in [4.69, 9.17) is 0 Å². The average molecular weight is 581 g/mol. The summed E-state index contributed by atoms with van der Waals surface area (Å²) in [5.74, 6) is -0.0249. The Labute approximate surface area is 238 Å². The van der Waals surface area contributed by atoms with Gasteiger partial charge >= 0.3 is 0 Å². The van der Waals surface area contributed by atoms with Crippen molar-refractivity contribution in [1.29, 1.82) is 0 Å². The Morgan fingerprint density at radius 1 is 1.20 bits per heavy atom. The molecule has 1 aromatic carbocycles. The first-order valence-electron chi connectivity index (χ1n) is 14.0. The summed E-state index contributed by atoms with van der Waals surface area (Å²) < 4.78 is 35.1. The third kappa shape index (κ3) is 4.90. The highest BCUT2D eigenvalue weighted by Gasteiger charge is 2.42. The number of anilines is 1. The number of aryl methyl sites for hydroxylation is 1. The Morgan fingerprint density at radius 2 is 1.95 bits per heavy atom. The fourth-order valence-corrected chi connectivity index (χ4v) is 7.21. The maximum Gasteiger partial charge on any atom is 0.262 e. The second kappa shape index (κ2) is 9.69. The Kier molecular flexibility index (Phi) is 6.49. The first-order chi connectivity index (χ1) is 19.4. The normalized spacial score (nSPS) is 19.0. The van der Waals surface area contributed by atoms with Gasteiger partial charge in [-0.3, -0.25) is 18.8 Å². The monoisotopic (exact) mass is 580 g/mol. The van der Waals surface area contributed by atoms with Gasteiger partial charge < -0.3 is 9.80 Å². The summed E-state index contributed by atoms with van der Waals surface area (Å²) in [6.07, 6.45) is 6.72. The van der Waals surface area contributed by atoms with Gasteiger partial charge in [-0.2, -0.15) is 10.2 Å². The summed E-state index contributed by atoms with van der Waals surface area (Å²) in [7, 11) is -2.10. The van der Waals surface area contributed by atoms with E-state index >= 15 is 0 Å². The highest BCUT2D eigenvalue weighted by Crippen LogP contribution is 2.37. The van der Waals surface area contributed by atoms with Gasteiger partial charge in [-0.25, -0.2) is 17.7 Å². The summed E-state index contributed by atoms with van der Waals surface area (Å²) >= 11 is 0. The zero-order valence-electron chi connectivity index (χ0n) is 24.0. The lowest BCUT2D eigenvalue weighted by Crippen LogP contribution is -2.55. The molecule has 3 aromatic heterocycles. The van der Waals surface area contributed by atoms with Crippen molar-refractivity contribution < 1.29 is 13.2 Å². The SMILES string of the molecule is CC(C)C(=O)N1CCN(c2cc(S(=O)(=O)NC3(C)CC3)cc3c(=O)n(Cc4cnn(C)c4)c4ccnn4c23)C[C@H]1C. The molecule has 218 valence electrons. The lowest BCUT2D eigenvalue weighted by atomic mass is 10.1. The van der Waals surface area contributed by atoms with Crippen molar-refractivity contribution in [2.24, 2.45) is 13.0 Å². The number of nitrogens with zero attached hydrogens (tertiary/aromatic N) is 7. The fourth-order valence-electron chi connectivity index (χ4n) is 5.69. The summed E-state index contributed by atoms with van der Waals surface area (Å²) in [5.41, 5.74) is 1.79. The van der Waals surface area contributed by atoms with Gasteiger partial charge in [0.25, 0.3) is 5.56 Å². The number of fused-ring (bicyclic) bond motifs is 3. The minimum Gasteiger partial charge on any atom is -0.366 e. The van der Waals surface area contributed by atoms with Crippen LogP contribution in [0.2, 0.25) is 0 Å². The molecule has 6 rings (SSSR count). The summed E-state index contributed by atoms with van der Waals surface area (Å²) in [4.78, 5) is 31.0. The van der Waals surface area contributed by atoms with E-state index in [9.17, 15) is 18.0 Å². The van der Waals surface area contributed by atoms with Crippen LogP contribution in [0, 0.1) is 5.92 Å².